The number of rotatable bonds is 3. The van der Waals surface area contributed by atoms with E-state index in [4.69, 9.17) is 4.74 Å². The van der Waals surface area contributed by atoms with E-state index in [1.54, 1.807) is 4.90 Å². The van der Waals surface area contributed by atoms with Crippen molar-refractivity contribution in [2.75, 3.05) is 38.1 Å². The maximum atomic E-state index is 11.8. The predicted molar refractivity (Wildman–Crippen MR) is 72.7 cm³/mol. The number of halogens is 1. The molecule has 5 heteroatoms. The summed E-state index contributed by atoms with van der Waals surface area (Å²) in [6, 6.07) is 0. The Labute approximate surface area is 112 Å². The molecule has 0 aromatic heterocycles. The van der Waals surface area contributed by atoms with E-state index in [1.807, 2.05) is 20.8 Å². The summed E-state index contributed by atoms with van der Waals surface area (Å²) in [7, 11) is 0. The Morgan fingerprint density at radius 3 is 2.29 bits per heavy atom. The highest BCUT2D eigenvalue weighted by atomic mass is 79.9. The molecule has 0 saturated carbocycles. The zero-order valence-corrected chi connectivity index (χ0v) is 12.6. The first-order chi connectivity index (χ1) is 7.92. The fourth-order valence-electron chi connectivity index (χ4n) is 1.76. The molecule has 100 valence electrons. The average Bonchev–Trinajstić information content (AvgIpc) is 2.24. The summed E-state index contributed by atoms with van der Waals surface area (Å²) in [5.74, 6) is 0. The van der Waals surface area contributed by atoms with E-state index in [9.17, 15) is 4.79 Å². The summed E-state index contributed by atoms with van der Waals surface area (Å²) in [5.41, 5.74) is -0.399. The summed E-state index contributed by atoms with van der Waals surface area (Å²) in [6.07, 6.45) is 0.976. The normalized spacial score (nSPS) is 18.2. The van der Waals surface area contributed by atoms with E-state index in [-0.39, 0.29) is 6.09 Å². The quantitative estimate of drug-likeness (QED) is 0.750. The zero-order valence-electron chi connectivity index (χ0n) is 11.0. The van der Waals surface area contributed by atoms with Crippen molar-refractivity contribution in [2.24, 2.45) is 0 Å². The van der Waals surface area contributed by atoms with Gasteiger partial charge in [0.2, 0.25) is 0 Å². The van der Waals surface area contributed by atoms with E-state index in [2.05, 4.69) is 20.8 Å². The standard InChI is InChI=1S/C12H23BrN2O2/c1-12(2,3)17-11(16)15-9-7-14(8-10-15)6-4-5-13/h4-10H2,1-3H3. The smallest absolute Gasteiger partial charge is 0.410 e. The van der Waals surface area contributed by atoms with Crippen molar-refractivity contribution in [2.45, 2.75) is 32.8 Å². The second kappa shape index (κ2) is 6.59. The van der Waals surface area contributed by atoms with Gasteiger partial charge in [0, 0.05) is 31.5 Å². The van der Waals surface area contributed by atoms with Crippen LogP contribution in [0.25, 0.3) is 0 Å². The van der Waals surface area contributed by atoms with Crippen molar-refractivity contribution in [3.63, 3.8) is 0 Å². The molecule has 4 nitrogen and oxygen atoms in total. The van der Waals surface area contributed by atoms with Crippen LogP contribution in [0.3, 0.4) is 0 Å². The van der Waals surface area contributed by atoms with Crippen molar-refractivity contribution in [3.05, 3.63) is 0 Å². The van der Waals surface area contributed by atoms with Gasteiger partial charge in [-0.15, -0.1) is 0 Å². The SMILES string of the molecule is CC(C)(C)OC(=O)N1CCN(CCCBr)CC1. The minimum Gasteiger partial charge on any atom is -0.444 e. The van der Waals surface area contributed by atoms with Crippen molar-refractivity contribution in [3.8, 4) is 0 Å². The van der Waals surface area contributed by atoms with Crippen LogP contribution in [0.15, 0.2) is 0 Å². The van der Waals surface area contributed by atoms with Gasteiger partial charge in [-0.25, -0.2) is 4.79 Å². The van der Waals surface area contributed by atoms with Crippen LogP contribution < -0.4 is 0 Å². The van der Waals surface area contributed by atoms with Crippen LogP contribution in [-0.2, 0) is 4.74 Å². The van der Waals surface area contributed by atoms with Crippen LogP contribution in [0.2, 0.25) is 0 Å². The molecule has 0 atom stereocenters. The summed E-state index contributed by atoms with van der Waals surface area (Å²) in [4.78, 5) is 16.0. The van der Waals surface area contributed by atoms with Gasteiger partial charge in [-0.05, 0) is 33.7 Å². The Morgan fingerprint density at radius 1 is 1.24 bits per heavy atom. The lowest BCUT2D eigenvalue weighted by Crippen LogP contribution is -2.50. The van der Waals surface area contributed by atoms with Crippen LogP contribution in [0.5, 0.6) is 0 Å². The molecule has 17 heavy (non-hydrogen) atoms. The Morgan fingerprint density at radius 2 is 1.82 bits per heavy atom. The Bertz CT molecular complexity index is 245. The molecule has 1 amide bonds. The molecule has 1 aliphatic heterocycles. The van der Waals surface area contributed by atoms with Crippen LogP contribution in [0, 0.1) is 0 Å². The number of hydrogen-bond donors (Lipinski definition) is 0. The van der Waals surface area contributed by atoms with Crippen molar-refractivity contribution >= 4 is 22.0 Å². The van der Waals surface area contributed by atoms with Gasteiger partial charge in [0.25, 0.3) is 0 Å². The zero-order chi connectivity index (χ0) is 12.9. The molecule has 1 aliphatic rings. The highest BCUT2D eigenvalue weighted by Gasteiger charge is 2.25. The van der Waals surface area contributed by atoms with E-state index in [1.165, 1.54) is 0 Å². The maximum Gasteiger partial charge on any atom is 0.410 e. The third-order valence-corrected chi connectivity index (χ3v) is 3.19. The van der Waals surface area contributed by atoms with Gasteiger partial charge in [-0.3, -0.25) is 4.90 Å². The first-order valence-electron chi connectivity index (χ1n) is 6.18. The van der Waals surface area contributed by atoms with Crippen LogP contribution in [0.4, 0.5) is 4.79 Å². The summed E-state index contributed by atoms with van der Waals surface area (Å²) in [6.45, 7) is 10.3. The van der Waals surface area contributed by atoms with E-state index >= 15 is 0 Å². The lowest BCUT2D eigenvalue weighted by molar-refractivity contribution is 0.0146. The highest BCUT2D eigenvalue weighted by Crippen LogP contribution is 2.12. The van der Waals surface area contributed by atoms with Gasteiger partial charge in [0.15, 0.2) is 0 Å². The van der Waals surface area contributed by atoms with E-state index in [0.717, 1.165) is 44.5 Å². The Kier molecular flexibility index (Phi) is 5.73. The fraction of sp³-hybridized carbons (Fsp3) is 0.917. The number of piperazine rings is 1. The number of amides is 1. The van der Waals surface area contributed by atoms with Crippen molar-refractivity contribution in [1.82, 2.24) is 9.80 Å². The summed E-state index contributed by atoms with van der Waals surface area (Å²) in [5, 5.41) is 1.04. The molecule has 0 spiro atoms. The molecule has 0 radical (unpaired) electrons. The van der Waals surface area contributed by atoms with Gasteiger partial charge in [0.05, 0.1) is 0 Å². The van der Waals surface area contributed by atoms with Crippen LogP contribution in [-0.4, -0.2) is 59.5 Å². The molecule has 1 fully saturated rings. The summed E-state index contributed by atoms with van der Waals surface area (Å²) >= 11 is 3.43. The van der Waals surface area contributed by atoms with Crippen LogP contribution in [0.1, 0.15) is 27.2 Å². The second-order valence-corrected chi connectivity index (χ2v) is 6.14. The topological polar surface area (TPSA) is 32.8 Å². The third-order valence-electron chi connectivity index (χ3n) is 2.63. The molecule has 0 bridgehead atoms. The molecule has 0 unspecified atom stereocenters. The Hall–Kier alpha value is -0.290. The predicted octanol–water partition coefficient (Wildman–Crippen LogP) is 2.32. The molecule has 0 aromatic carbocycles. The summed E-state index contributed by atoms with van der Waals surface area (Å²) < 4.78 is 5.35. The molecular formula is C12H23BrN2O2. The Balaban J connectivity index is 2.29. The number of alkyl halides is 1. The van der Waals surface area contributed by atoms with Gasteiger partial charge in [-0.2, -0.15) is 0 Å². The van der Waals surface area contributed by atoms with Crippen molar-refractivity contribution in [1.29, 1.82) is 0 Å². The number of hydrogen-bond acceptors (Lipinski definition) is 3. The van der Waals surface area contributed by atoms with E-state index < -0.39 is 5.60 Å². The van der Waals surface area contributed by atoms with Crippen LogP contribution >= 0.6 is 15.9 Å². The van der Waals surface area contributed by atoms with Gasteiger partial charge in [0.1, 0.15) is 5.60 Å². The second-order valence-electron chi connectivity index (χ2n) is 5.35. The average molecular weight is 307 g/mol. The molecule has 1 rings (SSSR count). The van der Waals surface area contributed by atoms with Gasteiger partial charge in [-0.1, -0.05) is 15.9 Å². The fourth-order valence-corrected chi connectivity index (χ4v) is 2.01. The minimum atomic E-state index is -0.399. The number of nitrogens with zero attached hydrogens (tertiary/aromatic N) is 2. The monoisotopic (exact) mass is 306 g/mol. The lowest BCUT2D eigenvalue weighted by atomic mass is 10.2. The molecule has 0 aromatic rings. The molecule has 1 saturated heterocycles. The molecule has 0 N–H and O–H groups in total. The lowest BCUT2D eigenvalue weighted by Gasteiger charge is -2.35. The molecular weight excluding hydrogens is 284 g/mol. The largest absolute Gasteiger partial charge is 0.444 e. The number of carbonyl (C=O) groups is 1. The van der Waals surface area contributed by atoms with Gasteiger partial charge < -0.3 is 9.64 Å². The van der Waals surface area contributed by atoms with Crippen molar-refractivity contribution < 1.29 is 9.53 Å². The van der Waals surface area contributed by atoms with Gasteiger partial charge >= 0.3 is 6.09 Å². The first-order valence-corrected chi connectivity index (χ1v) is 7.31. The number of ether oxygens (including phenoxy) is 1. The number of carbonyl (C=O) groups excluding carboxylic acids is 1. The maximum absolute atomic E-state index is 11.8. The first kappa shape index (κ1) is 14.8. The molecule has 0 aliphatic carbocycles. The minimum absolute atomic E-state index is 0.183. The highest BCUT2D eigenvalue weighted by molar-refractivity contribution is 9.09. The third kappa shape index (κ3) is 5.73. The molecule has 1 heterocycles. The van der Waals surface area contributed by atoms with E-state index in [0.29, 0.717) is 0 Å².